The van der Waals surface area contributed by atoms with E-state index in [9.17, 15) is 20.0 Å². The van der Waals surface area contributed by atoms with Crippen molar-refractivity contribution in [1.29, 1.82) is 0 Å². The molecule has 116 valence electrons. The Balaban J connectivity index is 0.00000220. The minimum Gasteiger partial charge on any atom is -0.480 e. The first-order chi connectivity index (χ1) is 9.49. The number of carboxylic acids is 1. The Morgan fingerprint density at radius 1 is 1.48 bits per heavy atom. The molecule has 21 heavy (non-hydrogen) atoms. The van der Waals surface area contributed by atoms with Gasteiger partial charge in [-0.15, -0.1) is 12.4 Å². The van der Waals surface area contributed by atoms with Crippen molar-refractivity contribution in [2.24, 2.45) is 0 Å². The lowest BCUT2D eigenvalue weighted by Gasteiger charge is -2.32. The fourth-order valence-corrected chi connectivity index (χ4v) is 2.73. The van der Waals surface area contributed by atoms with E-state index in [4.69, 9.17) is 11.6 Å². The number of benzene rings is 1. The van der Waals surface area contributed by atoms with Crippen molar-refractivity contribution in [2.75, 3.05) is 6.54 Å². The number of rotatable bonds is 4. The van der Waals surface area contributed by atoms with Crippen molar-refractivity contribution < 1.29 is 14.8 Å². The quantitative estimate of drug-likeness (QED) is 0.675. The molecule has 1 saturated heterocycles. The number of nitro benzene ring substituents is 1. The summed E-state index contributed by atoms with van der Waals surface area (Å²) in [7, 11) is 0. The maximum absolute atomic E-state index is 11.2. The molecule has 0 radical (unpaired) electrons. The molecular formula is C13H16Cl2N2O4. The van der Waals surface area contributed by atoms with Crippen molar-refractivity contribution in [3.05, 3.63) is 38.9 Å². The summed E-state index contributed by atoms with van der Waals surface area (Å²) in [5.41, 5.74) is 0.430. The summed E-state index contributed by atoms with van der Waals surface area (Å²) < 4.78 is 0. The zero-order chi connectivity index (χ0) is 14.7. The number of piperidine rings is 1. The number of halogens is 2. The highest BCUT2D eigenvalue weighted by molar-refractivity contribution is 6.30. The number of hydrogen-bond donors (Lipinski definition) is 1. The number of aliphatic carboxylic acids is 1. The van der Waals surface area contributed by atoms with E-state index in [0.717, 1.165) is 12.8 Å². The van der Waals surface area contributed by atoms with Crippen LogP contribution in [0.25, 0.3) is 0 Å². The Kier molecular flexibility index (Phi) is 6.39. The molecule has 1 unspecified atom stereocenters. The molecule has 0 bridgehead atoms. The summed E-state index contributed by atoms with van der Waals surface area (Å²) in [6.45, 7) is 0.856. The van der Waals surface area contributed by atoms with Gasteiger partial charge in [-0.3, -0.25) is 19.8 Å². The van der Waals surface area contributed by atoms with Crippen LogP contribution < -0.4 is 0 Å². The SMILES string of the molecule is Cl.O=C(O)C1CCCCN1Cc1cc(Cl)ccc1[N+](=O)[O-]. The topological polar surface area (TPSA) is 83.7 Å². The molecule has 0 aliphatic carbocycles. The summed E-state index contributed by atoms with van der Waals surface area (Å²) in [5.74, 6) is -0.880. The van der Waals surface area contributed by atoms with Gasteiger partial charge in [0.2, 0.25) is 0 Å². The van der Waals surface area contributed by atoms with E-state index in [0.29, 0.717) is 23.6 Å². The second kappa shape index (κ2) is 7.59. The number of likely N-dealkylation sites (tertiary alicyclic amines) is 1. The third-order valence-electron chi connectivity index (χ3n) is 3.51. The number of hydrogen-bond acceptors (Lipinski definition) is 4. The van der Waals surface area contributed by atoms with Gasteiger partial charge in [0.05, 0.1) is 4.92 Å². The van der Waals surface area contributed by atoms with Gasteiger partial charge < -0.3 is 5.11 Å². The molecule has 1 aromatic carbocycles. The summed E-state index contributed by atoms with van der Waals surface area (Å²) >= 11 is 5.88. The van der Waals surface area contributed by atoms with Crippen molar-refractivity contribution in [3.63, 3.8) is 0 Å². The Labute approximate surface area is 133 Å². The maximum Gasteiger partial charge on any atom is 0.320 e. The molecule has 1 N–H and O–H groups in total. The molecular weight excluding hydrogens is 319 g/mol. The average Bonchev–Trinajstić information content (AvgIpc) is 2.38. The normalized spacial score (nSPS) is 18.8. The Bertz CT molecular complexity index is 539. The lowest BCUT2D eigenvalue weighted by Crippen LogP contribution is -2.44. The summed E-state index contributed by atoms with van der Waals surface area (Å²) in [5, 5.41) is 20.6. The number of nitro groups is 1. The van der Waals surface area contributed by atoms with Gasteiger partial charge in [-0.25, -0.2) is 0 Å². The third kappa shape index (κ3) is 4.30. The van der Waals surface area contributed by atoms with Crippen LogP contribution in [0.2, 0.25) is 5.02 Å². The average molecular weight is 335 g/mol. The van der Waals surface area contributed by atoms with Gasteiger partial charge >= 0.3 is 5.97 Å². The zero-order valence-corrected chi connectivity index (χ0v) is 12.8. The molecule has 1 fully saturated rings. The third-order valence-corrected chi connectivity index (χ3v) is 3.75. The molecule has 6 nitrogen and oxygen atoms in total. The molecule has 8 heteroatoms. The standard InChI is InChI=1S/C13H15ClN2O4.ClH/c14-10-4-5-11(16(19)20)9(7-10)8-15-6-2-1-3-12(15)13(17)18;/h4-5,7,12H,1-3,6,8H2,(H,17,18);1H. The predicted molar refractivity (Wildman–Crippen MR) is 81.0 cm³/mol. The molecule has 0 saturated carbocycles. The first kappa shape index (κ1) is 17.7. The monoisotopic (exact) mass is 334 g/mol. The van der Waals surface area contributed by atoms with E-state index in [1.165, 1.54) is 18.2 Å². The predicted octanol–water partition coefficient (Wildman–Crippen LogP) is 3.11. The summed E-state index contributed by atoms with van der Waals surface area (Å²) in [6.07, 6.45) is 2.34. The van der Waals surface area contributed by atoms with Gasteiger partial charge in [-0.2, -0.15) is 0 Å². The van der Waals surface area contributed by atoms with Crippen LogP contribution in [0.15, 0.2) is 18.2 Å². The smallest absolute Gasteiger partial charge is 0.320 e. The number of nitrogens with zero attached hydrogens (tertiary/aromatic N) is 2. The van der Waals surface area contributed by atoms with Gasteiger partial charge in [0.15, 0.2) is 0 Å². The van der Waals surface area contributed by atoms with Crippen LogP contribution in [-0.4, -0.2) is 33.5 Å². The molecule has 1 heterocycles. The van der Waals surface area contributed by atoms with E-state index in [2.05, 4.69) is 0 Å². The van der Waals surface area contributed by atoms with E-state index in [1.54, 1.807) is 4.90 Å². The van der Waals surface area contributed by atoms with E-state index in [-0.39, 0.29) is 24.6 Å². The maximum atomic E-state index is 11.2. The van der Waals surface area contributed by atoms with Crippen molar-refractivity contribution in [2.45, 2.75) is 31.8 Å². The highest BCUT2D eigenvalue weighted by atomic mass is 35.5. The van der Waals surface area contributed by atoms with Gasteiger partial charge in [0, 0.05) is 23.2 Å². The molecule has 1 aliphatic heterocycles. The molecule has 0 aromatic heterocycles. The fourth-order valence-electron chi connectivity index (χ4n) is 2.54. The van der Waals surface area contributed by atoms with Crippen LogP contribution in [0.5, 0.6) is 0 Å². The highest BCUT2D eigenvalue weighted by Crippen LogP contribution is 2.27. The van der Waals surface area contributed by atoms with E-state index < -0.39 is 16.9 Å². The van der Waals surface area contributed by atoms with Crippen LogP contribution in [0, 0.1) is 10.1 Å². The van der Waals surface area contributed by atoms with Crippen LogP contribution >= 0.6 is 24.0 Å². The molecule has 1 aliphatic rings. The summed E-state index contributed by atoms with van der Waals surface area (Å²) in [6, 6.07) is 3.78. The van der Waals surface area contributed by atoms with Crippen molar-refractivity contribution in [1.82, 2.24) is 4.90 Å². The van der Waals surface area contributed by atoms with Crippen LogP contribution in [0.3, 0.4) is 0 Å². The zero-order valence-electron chi connectivity index (χ0n) is 11.2. The Morgan fingerprint density at radius 2 is 2.19 bits per heavy atom. The van der Waals surface area contributed by atoms with Crippen LogP contribution in [-0.2, 0) is 11.3 Å². The van der Waals surface area contributed by atoms with E-state index in [1.807, 2.05) is 0 Å². The molecule has 2 rings (SSSR count). The molecule has 1 atom stereocenters. The Hall–Kier alpha value is -1.37. The van der Waals surface area contributed by atoms with Crippen molar-refractivity contribution in [3.8, 4) is 0 Å². The van der Waals surface area contributed by atoms with Gasteiger partial charge in [-0.1, -0.05) is 18.0 Å². The molecule has 1 aromatic rings. The van der Waals surface area contributed by atoms with E-state index >= 15 is 0 Å². The van der Waals surface area contributed by atoms with Gasteiger partial charge in [-0.05, 0) is 31.5 Å². The fraction of sp³-hybridized carbons (Fsp3) is 0.462. The van der Waals surface area contributed by atoms with Crippen LogP contribution in [0.1, 0.15) is 24.8 Å². The first-order valence-corrected chi connectivity index (χ1v) is 6.76. The lowest BCUT2D eigenvalue weighted by molar-refractivity contribution is -0.385. The van der Waals surface area contributed by atoms with Crippen molar-refractivity contribution >= 4 is 35.7 Å². The lowest BCUT2D eigenvalue weighted by atomic mass is 10.0. The van der Waals surface area contributed by atoms with Gasteiger partial charge in [0.1, 0.15) is 6.04 Å². The second-order valence-electron chi connectivity index (χ2n) is 4.85. The minimum atomic E-state index is -0.880. The highest BCUT2D eigenvalue weighted by Gasteiger charge is 2.29. The minimum absolute atomic E-state index is 0. The van der Waals surface area contributed by atoms with Crippen LogP contribution in [0.4, 0.5) is 5.69 Å². The summed E-state index contributed by atoms with van der Waals surface area (Å²) in [4.78, 5) is 23.6. The van der Waals surface area contributed by atoms with Gasteiger partial charge in [0.25, 0.3) is 5.69 Å². The first-order valence-electron chi connectivity index (χ1n) is 6.38. The molecule has 0 spiro atoms. The second-order valence-corrected chi connectivity index (χ2v) is 5.29. The number of carboxylic acid groups (broad SMARTS) is 1. The molecule has 0 amide bonds. The Morgan fingerprint density at radius 3 is 2.81 bits per heavy atom. The number of carbonyl (C=O) groups is 1. The largest absolute Gasteiger partial charge is 0.480 e.